The van der Waals surface area contributed by atoms with Crippen LogP contribution in [0.25, 0.3) is 0 Å². The van der Waals surface area contributed by atoms with E-state index in [1.165, 1.54) is 6.07 Å². The molecule has 0 aromatic heterocycles. The molecule has 1 saturated carbocycles. The largest absolute Gasteiger partial charge is 0.504 e. The number of amides is 1. The van der Waals surface area contributed by atoms with Gasteiger partial charge in [0, 0.05) is 36.7 Å². The molecule has 6 atom stereocenters. The summed E-state index contributed by atoms with van der Waals surface area (Å²) in [7, 11) is 5.79. The van der Waals surface area contributed by atoms with Gasteiger partial charge in [-0.05, 0) is 77.2 Å². The fraction of sp³-hybridized carbons (Fsp3) is 0.588. The van der Waals surface area contributed by atoms with E-state index in [4.69, 9.17) is 14.2 Å². The number of carbonyl (C=O) groups is 2. The van der Waals surface area contributed by atoms with Crippen LogP contribution in [0.3, 0.4) is 0 Å². The number of carbonyl (C=O) groups excluding carboxylic acids is 2. The molecule has 0 aliphatic heterocycles. The fourth-order valence-corrected chi connectivity index (χ4v) is 7.44. The Kier molecular flexibility index (Phi) is 9.87. The number of alkyl carbamates (subject to hydrolysis) is 1. The van der Waals surface area contributed by atoms with Gasteiger partial charge in [-0.15, -0.1) is 0 Å². The van der Waals surface area contributed by atoms with Gasteiger partial charge >= 0.3 is 12.1 Å². The van der Waals surface area contributed by atoms with Gasteiger partial charge in [0.05, 0.1) is 5.60 Å². The van der Waals surface area contributed by atoms with Crippen molar-refractivity contribution in [3.8, 4) is 11.5 Å². The summed E-state index contributed by atoms with van der Waals surface area (Å²) in [5.74, 6) is -0.981. The van der Waals surface area contributed by atoms with Gasteiger partial charge in [0.1, 0.15) is 18.2 Å². The van der Waals surface area contributed by atoms with Crippen LogP contribution in [0.4, 0.5) is 4.79 Å². The number of hydrogen-bond donors (Lipinski definition) is 4. The zero-order valence-corrected chi connectivity index (χ0v) is 27.3. The molecule has 2 aliphatic rings. The number of phenols is 2. The second-order valence-electron chi connectivity index (χ2n) is 13.6. The van der Waals surface area contributed by atoms with Crippen LogP contribution in [0.15, 0.2) is 42.5 Å². The molecule has 10 heteroatoms. The molecule has 0 heterocycles. The molecule has 2 aliphatic carbocycles. The number of nitrogens with one attached hydrogen (secondary N) is 2. The molecule has 1 amide bonds. The number of rotatable bonds is 9. The van der Waals surface area contributed by atoms with Crippen LogP contribution in [-0.2, 0) is 37.4 Å². The van der Waals surface area contributed by atoms with E-state index in [-0.39, 0.29) is 42.7 Å². The summed E-state index contributed by atoms with van der Waals surface area (Å²) in [6.45, 7) is 9.65. The lowest BCUT2D eigenvalue weighted by Gasteiger charge is -2.63. The molecule has 2 aromatic rings. The van der Waals surface area contributed by atoms with Crippen LogP contribution in [0.5, 0.6) is 11.5 Å². The Balaban J connectivity index is 1.62. The molecule has 2 aromatic carbocycles. The Morgan fingerprint density at radius 3 is 2.41 bits per heavy atom. The number of phenolic OH excluding ortho intramolecular Hbond substituents is 2. The Morgan fingerprint density at radius 1 is 1.11 bits per heavy atom. The molecule has 0 bridgehead atoms. The highest BCUT2D eigenvalue weighted by Gasteiger charge is 2.65. The van der Waals surface area contributed by atoms with Crippen molar-refractivity contribution in [1.29, 1.82) is 0 Å². The van der Waals surface area contributed by atoms with Crippen LogP contribution < -0.4 is 10.6 Å². The quantitative estimate of drug-likeness (QED) is 0.243. The summed E-state index contributed by atoms with van der Waals surface area (Å²) < 4.78 is 17.6. The highest BCUT2D eigenvalue weighted by atomic mass is 16.6. The average molecular weight is 612 g/mol. The van der Waals surface area contributed by atoms with Gasteiger partial charge in [-0.2, -0.15) is 0 Å². The van der Waals surface area contributed by atoms with E-state index < -0.39 is 34.7 Å². The van der Waals surface area contributed by atoms with Gasteiger partial charge in [-0.25, -0.2) is 4.79 Å². The summed E-state index contributed by atoms with van der Waals surface area (Å²) in [6.07, 6.45) is 1.32. The van der Waals surface area contributed by atoms with E-state index in [0.717, 1.165) is 11.1 Å². The smallest absolute Gasteiger partial charge is 0.407 e. The maximum absolute atomic E-state index is 13.5. The first-order valence-corrected chi connectivity index (χ1v) is 15.3. The summed E-state index contributed by atoms with van der Waals surface area (Å²) in [5.41, 5.74) is 0.302. The van der Waals surface area contributed by atoms with E-state index in [0.29, 0.717) is 24.8 Å². The maximum Gasteiger partial charge on any atom is 0.407 e. The zero-order chi connectivity index (χ0) is 32.4. The molecule has 242 valence electrons. The van der Waals surface area contributed by atoms with Crippen molar-refractivity contribution in [3.05, 3.63) is 59.2 Å². The lowest BCUT2D eigenvalue weighted by molar-refractivity contribution is -0.171. The zero-order valence-electron chi connectivity index (χ0n) is 27.3. The number of benzene rings is 2. The first kappa shape index (κ1) is 33.6. The summed E-state index contributed by atoms with van der Waals surface area (Å²) in [6, 6.07) is 11.7. The summed E-state index contributed by atoms with van der Waals surface area (Å²) >= 11 is 0. The Morgan fingerprint density at radius 2 is 1.80 bits per heavy atom. The van der Waals surface area contributed by atoms with Crippen molar-refractivity contribution in [3.63, 3.8) is 0 Å². The SMILES string of the molecule is CO[C@@]12CCC(N[C@@H](CNC(=O)OCc3ccccc3)C(=O)OC(C)(C)C)[C@H](C)C1(C)c1c(ccc(O)c1O)CC2N(C)C. The molecule has 1 fully saturated rings. The summed E-state index contributed by atoms with van der Waals surface area (Å²) in [5, 5.41) is 28.1. The van der Waals surface area contributed by atoms with Gasteiger partial charge in [0.25, 0.3) is 0 Å². The highest BCUT2D eigenvalue weighted by Crippen LogP contribution is 2.60. The molecule has 44 heavy (non-hydrogen) atoms. The number of ether oxygens (including phenoxy) is 3. The molecule has 0 radical (unpaired) electrons. The molecule has 0 spiro atoms. The number of fused-ring (bicyclic) bond motifs is 3. The maximum atomic E-state index is 13.5. The summed E-state index contributed by atoms with van der Waals surface area (Å²) in [4.78, 5) is 28.3. The third-order valence-electron chi connectivity index (χ3n) is 9.69. The molecule has 4 N–H and O–H groups in total. The Bertz CT molecular complexity index is 1330. The average Bonchev–Trinajstić information content (AvgIpc) is 2.96. The third-order valence-corrected chi connectivity index (χ3v) is 9.69. The van der Waals surface area contributed by atoms with Crippen molar-refractivity contribution >= 4 is 12.1 Å². The molecular weight excluding hydrogens is 562 g/mol. The molecular formula is C34H49N3O7. The van der Waals surface area contributed by atoms with E-state index in [9.17, 15) is 19.8 Å². The van der Waals surface area contributed by atoms with Gasteiger partial charge in [-0.1, -0.05) is 50.2 Å². The Labute approximate surface area is 261 Å². The van der Waals surface area contributed by atoms with Crippen LogP contribution in [0.1, 0.15) is 64.2 Å². The van der Waals surface area contributed by atoms with Gasteiger partial charge in [0.2, 0.25) is 0 Å². The number of esters is 1. The first-order valence-electron chi connectivity index (χ1n) is 15.3. The van der Waals surface area contributed by atoms with Crippen molar-refractivity contribution in [1.82, 2.24) is 15.5 Å². The molecule has 0 saturated heterocycles. The normalized spacial score (nSPS) is 27.2. The van der Waals surface area contributed by atoms with E-state index >= 15 is 0 Å². The minimum absolute atomic E-state index is 0.0000437. The third kappa shape index (κ3) is 6.39. The van der Waals surface area contributed by atoms with Crippen LogP contribution in [0, 0.1) is 5.92 Å². The highest BCUT2D eigenvalue weighted by molar-refractivity contribution is 5.78. The molecule has 10 nitrogen and oxygen atoms in total. The number of hydrogen-bond acceptors (Lipinski definition) is 9. The van der Waals surface area contributed by atoms with Crippen molar-refractivity contribution in [2.45, 2.75) is 95.2 Å². The van der Waals surface area contributed by atoms with Gasteiger partial charge < -0.3 is 34.6 Å². The minimum Gasteiger partial charge on any atom is -0.504 e. The standard InChI is InChI=1S/C34H49N3O7/c1-21-24(36-25(30(40)44-32(2,3)4)19-35-31(41)43-20-22-12-10-9-11-13-22)16-17-34(42-8)27(37(6)7)18-23-14-15-26(38)29(39)28(23)33(21,34)5/h9-15,21,24-25,27,36,38-39H,16-20H2,1-8H3,(H,35,41)/t21-,24?,25-,27?,33?,34+/m0/s1. The van der Waals surface area contributed by atoms with Crippen molar-refractivity contribution < 1.29 is 34.0 Å². The second kappa shape index (κ2) is 12.9. The fourth-order valence-electron chi connectivity index (χ4n) is 7.44. The van der Waals surface area contributed by atoms with Crippen LogP contribution >= 0.6 is 0 Å². The van der Waals surface area contributed by atoms with Crippen LogP contribution in [0.2, 0.25) is 0 Å². The predicted octanol–water partition coefficient (Wildman–Crippen LogP) is 4.25. The van der Waals surface area contributed by atoms with Crippen LogP contribution in [-0.4, -0.2) is 84.3 Å². The number of nitrogens with zero attached hydrogens (tertiary/aromatic N) is 1. The first-order chi connectivity index (χ1) is 20.6. The predicted molar refractivity (Wildman–Crippen MR) is 168 cm³/mol. The second-order valence-corrected chi connectivity index (χ2v) is 13.6. The van der Waals surface area contributed by atoms with Gasteiger partial charge in [0.15, 0.2) is 11.5 Å². The molecule has 4 rings (SSSR count). The molecule has 3 unspecified atom stereocenters. The number of aromatic hydroxyl groups is 2. The van der Waals surface area contributed by atoms with Gasteiger partial charge in [-0.3, -0.25) is 10.1 Å². The Hall–Kier alpha value is -3.34. The van der Waals surface area contributed by atoms with E-state index in [2.05, 4.69) is 29.4 Å². The van der Waals surface area contributed by atoms with Crippen molar-refractivity contribution in [2.24, 2.45) is 5.92 Å². The number of methoxy groups -OCH3 is 1. The lowest BCUT2D eigenvalue weighted by atomic mass is 9.48. The number of likely N-dealkylation sites (N-methyl/N-ethyl adjacent to an activating group) is 1. The monoisotopic (exact) mass is 611 g/mol. The topological polar surface area (TPSA) is 130 Å². The van der Waals surface area contributed by atoms with E-state index in [1.807, 2.05) is 50.5 Å². The van der Waals surface area contributed by atoms with E-state index in [1.54, 1.807) is 27.9 Å². The minimum atomic E-state index is -0.866. The van der Waals surface area contributed by atoms with Crippen molar-refractivity contribution in [2.75, 3.05) is 27.7 Å². The lowest BCUT2D eigenvalue weighted by Crippen LogP contribution is -2.73.